The molecule has 0 aromatic heterocycles. The van der Waals surface area contributed by atoms with Crippen molar-refractivity contribution >= 4 is 0 Å². The van der Waals surface area contributed by atoms with Crippen LogP contribution in [-0.4, -0.2) is 11.7 Å². The fourth-order valence-electron chi connectivity index (χ4n) is 2.71. The zero-order chi connectivity index (χ0) is 15.0. The van der Waals surface area contributed by atoms with Crippen LogP contribution in [0.15, 0.2) is 30.3 Å². The van der Waals surface area contributed by atoms with Gasteiger partial charge in [0.25, 0.3) is 0 Å². The largest absolute Gasteiger partial charge is 0.493 e. The van der Waals surface area contributed by atoms with Gasteiger partial charge in [-0.1, -0.05) is 24.3 Å². The first-order chi connectivity index (χ1) is 10.1. The zero-order valence-electron chi connectivity index (χ0n) is 11.7. The summed E-state index contributed by atoms with van der Waals surface area (Å²) in [5, 5.41) is 10.5. The number of rotatable bonds is 2. The third-order valence-electron chi connectivity index (χ3n) is 3.85. The number of para-hydroxylation sites is 1. The molecule has 1 N–H and O–H groups in total. The summed E-state index contributed by atoms with van der Waals surface area (Å²) in [6, 6.07) is 7.87. The first kappa shape index (κ1) is 14.0. The van der Waals surface area contributed by atoms with Crippen molar-refractivity contribution in [3.8, 4) is 5.75 Å². The van der Waals surface area contributed by atoms with Gasteiger partial charge in [0.05, 0.1) is 12.2 Å². The lowest BCUT2D eigenvalue weighted by Crippen LogP contribution is -2.14. The summed E-state index contributed by atoms with van der Waals surface area (Å²) in [4.78, 5) is 0. The van der Waals surface area contributed by atoms with Crippen molar-refractivity contribution in [2.45, 2.75) is 25.9 Å². The van der Waals surface area contributed by atoms with Gasteiger partial charge < -0.3 is 9.84 Å². The lowest BCUT2D eigenvalue weighted by molar-refractivity contribution is 0.197. The number of aliphatic hydroxyl groups is 1. The third kappa shape index (κ3) is 2.40. The van der Waals surface area contributed by atoms with Crippen LogP contribution >= 0.6 is 0 Å². The van der Waals surface area contributed by atoms with E-state index in [1.54, 1.807) is 19.1 Å². The summed E-state index contributed by atoms with van der Waals surface area (Å²) in [6.07, 6.45) is 0.368. The number of aryl methyl sites for hydroxylation is 2. The van der Waals surface area contributed by atoms with Gasteiger partial charge in [0.15, 0.2) is 0 Å². The molecule has 0 fully saturated rings. The maximum Gasteiger partial charge on any atom is 0.135 e. The molecule has 0 saturated heterocycles. The van der Waals surface area contributed by atoms with Crippen LogP contribution < -0.4 is 4.74 Å². The SMILES string of the molecule is Cc1ccc(F)c(C(O)c2cccc3c2OCCC3)c1F. The number of ether oxygens (including phenoxy) is 1. The van der Waals surface area contributed by atoms with E-state index < -0.39 is 17.7 Å². The maximum atomic E-state index is 14.2. The van der Waals surface area contributed by atoms with Crippen LogP contribution in [0.3, 0.4) is 0 Å². The Morgan fingerprint density at radius 1 is 1.19 bits per heavy atom. The molecule has 0 aliphatic carbocycles. The summed E-state index contributed by atoms with van der Waals surface area (Å²) in [5.41, 5.74) is 1.36. The Morgan fingerprint density at radius 2 is 2.00 bits per heavy atom. The molecule has 1 aliphatic heterocycles. The molecule has 21 heavy (non-hydrogen) atoms. The molecule has 3 rings (SSSR count). The molecule has 1 aliphatic rings. The van der Waals surface area contributed by atoms with Crippen LogP contribution in [0.25, 0.3) is 0 Å². The van der Waals surface area contributed by atoms with Crippen molar-refractivity contribution in [1.82, 2.24) is 0 Å². The average molecular weight is 290 g/mol. The lowest BCUT2D eigenvalue weighted by atomic mass is 9.94. The Balaban J connectivity index is 2.12. The van der Waals surface area contributed by atoms with Gasteiger partial charge in [-0.25, -0.2) is 8.78 Å². The van der Waals surface area contributed by atoms with Crippen molar-refractivity contribution in [1.29, 1.82) is 0 Å². The minimum atomic E-state index is -1.38. The molecule has 1 heterocycles. The second kappa shape index (κ2) is 5.45. The number of fused-ring (bicyclic) bond motifs is 1. The van der Waals surface area contributed by atoms with Crippen LogP contribution in [0.5, 0.6) is 5.75 Å². The highest BCUT2D eigenvalue weighted by molar-refractivity contribution is 5.47. The Bertz CT molecular complexity index is 683. The minimum Gasteiger partial charge on any atom is -0.493 e. The Hall–Kier alpha value is -1.94. The number of benzene rings is 2. The normalized spacial score (nSPS) is 15.2. The van der Waals surface area contributed by atoms with Crippen LogP contribution in [0.4, 0.5) is 8.78 Å². The zero-order valence-corrected chi connectivity index (χ0v) is 11.7. The van der Waals surface area contributed by atoms with Gasteiger partial charge in [-0.3, -0.25) is 0 Å². The molecular weight excluding hydrogens is 274 g/mol. The lowest BCUT2D eigenvalue weighted by Gasteiger charge is -2.23. The van der Waals surface area contributed by atoms with Crippen molar-refractivity contribution in [3.63, 3.8) is 0 Å². The highest BCUT2D eigenvalue weighted by Gasteiger charge is 2.26. The van der Waals surface area contributed by atoms with E-state index in [2.05, 4.69) is 0 Å². The van der Waals surface area contributed by atoms with Crippen molar-refractivity contribution in [3.05, 3.63) is 64.2 Å². The molecule has 2 aromatic carbocycles. The number of halogens is 2. The van der Waals surface area contributed by atoms with Crippen LogP contribution in [0.1, 0.15) is 34.8 Å². The average Bonchev–Trinajstić information content (AvgIpc) is 2.50. The second-order valence-electron chi connectivity index (χ2n) is 5.28. The van der Waals surface area contributed by atoms with E-state index in [1.165, 1.54) is 12.1 Å². The molecule has 2 nitrogen and oxygen atoms in total. The molecule has 0 saturated carbocycles. The van der Waals surface area contributed by atoms with E-state index in [1.807, 2.05) is 6.07 Å². The van der Waals surface area contributed by atoms with E-state index in [9.17, 15) is 13.9 Å². The Morgan fingerprint density at radius 3 is 2.81 bits per heavy atom. The highest BCUT2D eigenvalue weighted by atomic mass is 19.1. The van der Waals surface area contributed by atoms with Gasteiger partial charge in [-0.2, -0.15) is 0 Å². The van der Waals surface area contributed by atoms with Gasteiger partial charge in [0.2, 0.25) is 0 Å². The van der Waals surface area contributed by atoms with Gasteiger partial charge >= 0.3 is 0 Å². The number of hydrogen-bond donors (Lipinski definition) is 1. The smallest absolute Gasteiger partial charge is 0.135 e. The molecule has 1 atom stereocenters. The quantitative estimate of drug-likeness (QED) is 0.914. The van der Waals surface area contributed by atoms with E-state index in [0.29, 0.717) is 23.5 Å². The first-order valence-corrected chi connectivity index (χ1v) is 6.96. The highest BCUT2D eigenvalue weighted by Crippen LogP contribution is 2.37. The topological polar surface area (TPSA) is 29.5 Å². The number of aliphatic hydroxyl groups excluding tert-OH is 1. The summed E-state index contributed by atoms with van der Waals surface area (Å²) in [7, 11) is 0. The molecule has 110 valence electrons. The molecule has 0 amide bonds. The standard InChI is InChI=1S/C17H16F2O2/c1-10-7-8-13(18)14(15(10)19)16(20)12-6-2-4-11-5-3-9-21-17(11)12/h2,4,6-8,16,20H,3,5,9H2,1H3. The maximum absolute atomic E-state index is 14.2. The Labute approximate surface area is 122 Å². The van der Waals surface area contributed by atoms with Gasteiger partial charge in [-0.05, 0) is 37.0 Å². The summed E-state index contributed by atoms with van der Waals surface area (Å²) >= 11 is 0. The minimum absolute atomic E-state index is 0.302. The summed E-state index contributed by atoms with van der Waals surface area (Å²) < 4.78 is 33.7. The predicted octanol–water partition coefficient (Wildman–Crippen LogP) is 3.68. The molecule has 2 aromatic rings. The molecule has 0 bridgehead atoms. The van der Waals surface area contributed by atoms with Crippen LogP contribution in [-0.2, 0) is 6.42 Å². The molecule has 0 radical (unpaired) electrons. The Kier molecular flexibility index (Phi) is 3.64. The fourth-order valence-corrected chi connectivity index (χ4v) is 2.71. The van der Waals surface area contributed by atoms with Gasteiger partial charge in [0.1, 0.15) is 23.5 Å². The molecule has 1 unspecified atom stereocenters. The van der Waals surface area contributed by atoms with E-state index in [0.717, 1.165) is 18.4 Å². The first-order valence-electron chi connectivity index (χ1n) is 6.96. The molecular formula is C17H16F2O2. The monoisotopic (exact) mass is 290 g/mol. The second-order valence-corrected chi connectivity index (χ2v) is 5.28. The predicted molar refractivity (Wildman–Crippen MR) is 75.4 cm³/mol. The molecule has 0 spiro atoms. The van der Waals surface area contributed by atoms with E-state index in [4.69, 9.17) is 4.74 Å². The van der Waals surface area contributed by atoms with Crippen LogP contribution in [0.2, 0.25) is 0 Å². The molecule has 4 heteroatoms. The van der Waals surface area contributed by atoms with Crippen LogP contribution in [0, 0.1) is 18.6 Å². The van der Waals surface area contributed by atoms with Crippen molar-refractivity contribution in [2.75, 3.05) is 6.61 Å². The van der Waals surface area contributed by atoms with Gasteiger partial charge in [-0.15, -0.1) is 0 Å². The van der Waals surface area contributed by atoms with Crippen molar-refractivity contribution in [2.24, 2.45) is 0 Å². The van der Waals surface area contributed by atoms with E-state index in [-0.39, 0.29) is 5.56 Å². The van der Waals surface area contributed by atoms with E-state index >= 15 is 0 Å². The van der Waals surface area contributed by atoms with Gasteiger partial charge in [0, 0.05) is 5.56 Å². The third-order valence-corrected chi connectivity index (χ3v) is 3.85. The summed E-state index contributed by atoms with van der Waals surface area (Å²) in [6.45, 7) is 2.09. The number of hydrogen-bond acceptors (Lipinski definition) is 2. The fraction of sp³-hybridized carbons (Fsp3) is 0.294. The van der Waals surface area contributed by atoms with Crippen molar-refractivity contribution < 1.29 is 18.6 Å². The summed E-state index contributed by atoms with van der Waals surface area (Å²) in [5.74, 6) is -0.911.